The number of thiophene rings is 2. The van der Waals surface area contributed by atoms with Crippen molar-refractivity contribution in [2.45, 2.75) is 0 Å². The van der Waals surface area contributed by atoms with E-state index in [9.17, 15) is 0 Å². The Balaban J connectivity index is 1.08. The van der Waals surface area contributed by atoms with E-state index in [0.29, 0.717) is 17.5 Å². The van der Waals surface area contributed by atoms with Gasteiger partial charge in [-0.2, -0.15) is 0 Å². The van der Waals surface area contributed by atoms with E-state index >= 15 is 0 Å². The molecule has 0 fully saturated rings. The van der Waals surface area contributed by atoms with E-state index in [1.807, 2.05) is 83.3 Å². The minimum atomic E-state index is 0.662. The average Bonchev–Trinajstić information content (AvgIpc) is 3.85. The Morgan fingerprint density at radius 1 is 0.268 bits per heavy atom. The van der Waals surface area contributed by atoms with Gasteiger partial charge in [-0.3, -0.25) is 0 Å². The predicted octanol–water partition coefficient (Wildman–Crippen LogP) is 14.6. The fourth-order valence-corrected chi connectivity index (χ4v) is 10.2. The molecule has 11 aromatic rings. The summed E-state index contributed by atoms with van der Waals surface area (Å²) in [5.41, 5.74) is 10.3. The normalized spacial score (nSPS) is 11.6. The Morgan fingerprint density at radius 2 is 0.732 bits per heavy atom. The standard InChI is InChI=1S/C51H31N3S2/c1-4-13-32(14-5-1)33-23-25-34(26-24-33)38-29-42(48-40-19-10-11-21-43(40)55-46(48)31-38)39-20-12-22-44-47(39)41-28-27-37(30-45(41)56-44)51-53-49(35-15-6-2-7-16-35)52-50(54-51)36-17-8-3-9-18-36/h1-31H. The summed E-state index contributed by atoms with van der Waals surface area (Å²) >= 11 is 3.70. The van der Waals surface area contributed by atoms with Crippen LogP contribution in [0.3, 0.4) is 0 Å². The second kappa shape index (κ2) is 13.5. The van der Waals surface area contributed by atoms with Crippen LogP contribution >= 0.6 is 22.7 Å². The zero-order valence-electron chi connectivity index (χ0n) is 30.1. The van der Waals surface area contributed by atoms with Crippen LogP contribution in [0.4, 0.5) is 0 Å². The molecular formula is C51H31N3S2. The monoisotopic (exact) mass is 749 g/mol. The molecule has 0 radical (unpaired) electrons. The Morgan fingerprint density at radius 3 is 1.41 bits per heavy atom. The van der Waals surface area contributed by atoms with Crippen molar-refractivity contribution in [2.75, 3.05) is 0 Å². The van der Waals surface area contributed by atoms with E-state index in [0.717, 1.165) is 16.7 Å². The van der Waals surface area contributed by atoms with Gasteiger partial charge in [-0.1, -0.05) is 158 Å². The SMILES string of the molecule is c1ccc(-c2ccc(-c3cc(-c4cccc5sc6cc(-c7nc(-c8ccccc8)nc(-c8ccccc8)n7)ccc6c45)c4c(c3)sc3ccccc34)cc2)cc1. The van der Waals surface area contributed by atoms with Crippen LogP contribution in [-0.2, 0) is 0 Å². The summed E-state index contributed by atoms with van der Waals surface area (Å²) in [6, 6.07) is 66.9. The van der Waals surface area contributed by atoms with Gasteiger partial charge in [0.25, 0.3) is 0 Å². The van der Waals surface area contributed by atoms with Crippen molar-refractivity contribution in [3.05, 3.63) is 188 Å². The summed E-state index contributed by atoms with van der Waals surface area (Å²) in [4.78, 5) is 15.0. The molecule has 0 aliphatic carbocycles. The second-order valence-electron chi connectivity index (χ2n) is 14.0. The maximum atomic E-state index is 5.03. The molecule has 5 heteroatoms. The highest BCUT2D eigenvalue weighted by Gasteiger charge is 2.19. The molecule has 3 aromatic heterocycles. The number of hydrogen-bond acceptors (Lipinski definition) is 5. The van der Waals surface area contributed by atoms with Gasteiger partial charge in [0.05, 0.1) is 0 Å². The first-order chi connectivity index (χ1) is 27.7. The van der Waals surface area contributed by atoms with E-state index in [1.54, 1.807) is 0 Å². The number of rotatable bonds is 6. The van der Waals surface area contributed by atoms with Crippen molar-refractivity contribution in [3.63, 3.8) is 0 Å². The van der Waals surface area contributed by atoms with Crippen LogP contribution in [0, 0.1) is 0 Å². The first-order valence-corrected chi connectivity index (χ1v) is 20.3. The van der Waals surface area contributed by atoms with Gasteiger partial charge in [0.1, 0.15) is 0 Å². The van der Waals surface area contributed by atoms with Gasteiger partial charge < -0.3 is 0 Å². The van der Waals surface area contributed by atoms with E-state index in [2.05, 4.69) is 127 Å². The third-order valence-electron chi connectivity index (χ3n) is 10.5. The summed E-state index contributed by atoms with van der Waals surface area (Å²) in [5, 5.41) is 5.12. The number of fused-ring (bicyclic) bond motifs is 6. The predicted molar refractivity (Wildman–Crippen MR) is 238 cm³/mol. The molecule has 0 amide bonds. The van der Waals surface area contributed by atoms with Gasteiger partial charge in [-0.15, -0.1) is 22.7 Å². The Kier molecular flexibility index (Phi) is 7.87. The highest BCUT2D eigenvalue weighted by atomic mass is 32.1. The highest BCUT2D eigenvalue weighted by Crippen LogP contribution is 2.47. The topological polar surface area (TPSA) is 38.7 Å². The fraction of sp³-hybridized carbons (Fsp3) is 0. The molecule has 8 aromatic carbocycles. The number of aromatic nitrogens is 3. The number of benzene rings is 8. The molecule has 3 heterocycles. The molecule has 0 saturated carbocycles. The Labute approximate surface area is 331 Å². The maximum Gasteiger partial charge on any atom is 0.164 e. The van der Waals surface area contributed by atoms with Gasteiger partial charge in [0.15, 0.2) is 17.5 Å². The van der Waals surface area contributed by atoms with Crippen LogP contribution in [0.2, 0.25) is 0 Å². The van der Waals surface area contributed by atoms with Gasteiger partial charge >= 0.3 is 0 Å². The summed E-state index contributed by atoms with van der Waals surface area (Å²) in [7, 11) is 0. The summed E-state index contributed by atoms with van der Waals surface area (Å²) < 4.78 is 5.05. The third-order valence-corrected chi connectivity index (χ3v) is 12.8. The van der Waals surface area contributed by atoms with Crippen molar-refractivity contribution in [1.29, 1.82) is 0 Å². The molecule has 11 rings (SSSR count). The van der Waals surface area contributed by atoms with Crippen LogP contribution in [0.5, 0.6) is 0 Å². The minimum Gasteiger partial charge on any atom is -0.208 e. The van der Waals surface area contributed by atoms with Crippen molar-refractivity contribution in [3.8, 4) is 67.5 Å². The molecule has 0 spiro atoms. The van der Waals surface area contributed by atoms with Crippen molar-refractivity contribution >= 4 is 63.0 Å². The van der Waals surface area contributed by atoms with Crippen LogP contribution in [-0.4, -0.2) is 15.0 Å². The van der Waals surface area contributed by atoms with Crippen LogP contribution < -0.4 is 0 Å². The molecule has 0 unspecified atom stereocenters. The highest BCUT2D eigenvalue weighted by molar-refractivity contribution is 7.26. The molecule has 0 aliphatic heterocycles. The van der Waals surface area contributed by atoms with E-state index in [-0.39, 0.29) is 0 Å². The van der Waals surface area contributed by atoms with Crippen LogP contribution in [0.1, 0.15) is 0 Å². The lowest BCUT2D eigenvalue weighted by atomic mass is 9.91. The lowest BCUT2D eigenvalue weighted by Gasteiger charge is -2.12. The molecule has 0 atom stereocenters. The van der Waals surface area contributed by atoms with E-state index in [4.69, 9.17) is 15.0 Å². The zero-order chi connectivity index (χ0) is 37.0. The van der Waals surface area contributed by atoms with Crippen molar-refractivity contribution in [1.82, 2.24) is 15.0 Å². The van der Waals surface area contributed by atoms with Crippen LogP contribution in [0.15, 0.2) is 188 Å². The third kappa shape index (κ3) is 5.68. The van der Waals surface area contributed by atoms with Crippen LogP contribution in [0.25, 0.3) is 108 Å². The van der Waals surface area contributed by atoms with E-state index < -0.39 is 0 Å². The fourth-order valence-electron chi connectivity index (χ4n) is 7.85. The number of nitrogens with zero attached hydrogens (tertiary/aromatic N) is 3. The average molecular weight is 750 g/mol. The molecule has 262 valence electrons. The Hall–Kier alpha value is -6.79. The molecule has 0 aliphatic rings. The first-order valence-electron chi connectivity index (χ1n) is 18.7. The summed E-state index contributed by atoms with van der Waals surface area (Å²) in [5.74, 6) is 1.99. The second-order valence-corrected chi connectivity index (χ2v) is 16.1. The molecule has 0 saturated heterocycles. The lowest BCUT2D eigenvalue weighted by molar-refractivity contribution is 1.07. The number of hydrogen-bond donors (Lipinski definition) is 0. The quantitative estimate of drug-likeness (QED) is 0.170. The van der Waals surface area contributed by atoms with Crippen molar-refractivity contribution in [2.24, 2.45) is 0 Å². The van der Waals surface area contributed by atoms with Gasteiger partial charge in [0.2, 0.25) is 0 Å². The molecule has 0 N–H and O–H groups in total. The lowest BCUT2D eigenvalue weighted by Crippen LogP contribution is -1.99. The zero-order valence-corrected chi connectivity index (χ0v) is 31.7. The smallest absolute Gasteiger partial charge is 0.164 e. The molecule has 56 heavy (non-hydrogen) atoms. The Bertz CT molecular complexity index is 3170. The molecule has 3 nitrogen and oxygen atoms in total. The summed E-state index contributed by atoms with van der Waals surface area (Å²) in [6.07, 6.45) is 0. The first kappa shape index (κ1) is 32.6. The maximum absolute atomic E-state index is 5.03. The minimum absolute atomic E-state index is 0.662. The van der Waals surface area contributed by atoms with E-state index in [1.165, 1.54) is 73.7 Å². The van der Waals surface area contributed by atoms with Gasteiger partial charge in [-0.05, 0) is 63.7 Å². The van der Waals surface area contributed by atoms with Gasteiger partial charge in [-0.25, -0.2) is 15.0 Å². The molecule has 0 bridgehead atoms. The largest absolute Gasteiger partial charge is 0.208 e. The summed E-state index contributed by atoms with van der Waals surface area (Å²) in [6.45, 7) is 0. The van der Waals surface area contributed by atoms with Crippen molar-refractivity contribution < 1.29 is 0 Å². The van der Waals surface area contributed by atoms with Gasteiger partial charge in [0, 0.05) is 57.0 Å². The molecular weight excluding hydrogens is 719 g/mol.